The van der Waals surface area contributed by atoms with E-state index < -0.39 is 13.1 Å². The normalized spacial score (nSPS) is 11.3. The molecule has 0 aliphatic heterocycles. The zero-order valence-electron chi connectivity index (χ0n) is 6.35. The van der Waals surface area contributed by atoms with Gasteiger partial charge in [0.25, 0.3) is 5.52 Å². The Labute approximate surface area is 79.3 Å². The monoisotopic (exact) mass is 220 g/mol. The van der Waals surface area contributed by atoms with Crippen molar-refractivity contribution in [3.05, 3.63) is 34.9 Å². The van der Waals surface area contributed by atoms with Crippen molar-refractivity contribution in [3.8, 4) is 0 Å². The average Bonchev–Trinajstić information content (AvgIpc) is 2.02. The van der Waals surface area contributed by atoms with Crippen molar-refractivity contribution in [2.75, 3.05) is 0 Å². The SMILES string of the molecule is O=C(c1ccccc1Cl)P(=O)(O)O. The first kappa shape index (κ1) is 10.4. The lowest BCUT2D eigenvalue weighted by atomic mass is 10.2. The van der Waals surface area contributed by atoms with Crippen molar-refractivity contribution < 1.29 is 19.1 Å². The third-order valence-electron chi connectivity index (χ3n) is 1.37. The topological polar surface area (TPSA) is 74.6 Å². The molecule has 0 spiro atoms. The summed E-state index contributed by atoms with van der Waals surface area (Å²) in [5, 5.41) is 0.0378. The third kappa shape index (κ3) is 2.39. The Bertz CT molecular complexity index is 384. The van der Waals surface area contributed by atoms with Crippen LogP contribution in [0.5, 0.6) is 0 Å². The van der Waals surface area contributed by atoms with Crippen LogP contribution >= 0.6 is 19.2 Å². The smallest absolute Gasteiger partial charge is 0.319 e. The number of carbonyl (C=O) groups excluding carboxylic acids is 1. The van der Waals surface area contributed by atoms with Crippen LogP contribution in [0.15, 0.2) is 24.3 Å². The van der Waals surface area contributed by atoms with Gasteiger partial charge in [0.2, 0.25) is 0 Å². The Balaban J connectivity index is 3.18. The summed E-state index contributed by atoms with van der Waals surface area (Å²) in [6.45, 7) is 0. The predicted octanol–water partition coefficient (Wildman–Crippen LogP) is 1.66. The molecule has 13 heavy (non-hydrogen) atoms. The van der Waals surface area contributed by atoms with E-state index in [1.54, 1.807) is 6.07 Å². The van der Waals surface area contributed by atoms with Gasteiger partial charge in [0.05, 0.1) is 5.02 Å². The molecule has 0 atom stereocenters. The molecule has 0 aliphatic carbocycles. The Hall–Kier alpha value is -0.670. The molecule has 2 N–H and O–H groups in total. The minimum atomic E-state index is -4.73. The van der Waals surface area contributed by atoms with E-state index in [0.717, 1.165) is 0 Å². The minimum Gasteiger partial charge on any atom is -0.319 e. The maximum atomic E-state index is 11.0. The van der Waals surface area contributed by atoms with Gasteiger partial charge in [0.1, 0.15) is 0 Å². The highest BCUT2D eigenvalue weighted by Gasteiger charge is 2.28. The van der Waals surface area contributed by atoms with Crippen molar-refractivity contribution in [2.45, 2.75) is 0 Å². The highest BCUT2D eigenvalue weighted by atomic mass is 35.5. The second-order valence-corrected chi connectivity index (χ2v) is 4.23. The number of benzene rings is 1. The molecule has 0 saturated carbocycles. The number of halogens is 1. The Morgan fingerprint density at radius 3 is 2.31 bits per heavy atom. The van der Waals surface area contributed by atoms with Gasteiger partial charge in [0.15, 0.2) is 0 Å². The highest BCUT2D eigenvalue weighted by molar-refractivity contribution is 7.70. The number of carbonyl (C=O) groups is 1. The fourth-order valence-corrected chi connectivity index (χ4v) is 1.59. The number of hydrogen-bond acceptors (Lipinski definition) is 2. The molecule has 0 radical (unpaired) electrons. The van der Waals surface area contributed by atoms with Crippen LogP contribution < -0.4 is 0 Å². The van der Waals surface area contributed by atoms with Crippen LogP contribution in [0.25, 0.3) is 0 Å². The summed E-state index contributed by atoms with van der Waals surface area (Å²) in [4.78, 5) is 28.2. The molecule has 0 bridgehead atoms. The first-order valence-corrected chi connectivity index (χ1v) is 5.27. The van der Waals surface area contributed by atoms with E-state index in [4.69, 9.17) is 21.4 Å². The summed E-state index contributed by atoms with van der Waals surface area (Å²) in [6, 6.07) is 5.71. The van der Waals surface area contributed by atoms with E-state index in [2.05, 4.69) is 0 Å². The van der Waals surface area contributed by atoms with Gasteiger partial charge in [-0.3, -0.25) is 9.36 Å². The summed E-state index contributed by atoms with van der Waals surface area (Å²) < 4.78 is 10.6. The maximum absolute atomic E-state index is 11.0. The lowest BCUT2D eigenvalue weighted by molar-refractivity contribution is 0.104. The Morgan fingerprint density at radius 1 is 1.31 bits per heavy atom. The van der Waals surface area contributed by atoms with Gasteiger partial charge in [-0.2, -0.15) is 0 Å². The van der Waals surface area contributed by atoms with Gasteiger partial charge in [-0.15, -0.1) is 0 Å². The zero-order valence-corrected chi connectivity index (χ0v) is 8.00. The molecule has 0 heterocycles. The quantitative estimate of drug-likeness (QED) is 0.744. The van der Waals surface area contributed by atoms with Gasteiger partial charge >= 0.3 is 7.60 Å². The van der Waals surface area contributed by atoms with Gasteiger partial charge in [-0.05, 0) is 12.1 Å². The Kier molecular flexibility index (Phi) is 2.88. The summed E-state index contributed by atoms with van der Waals surface area (Å²) in [7, 11) is -4.73. The average molecular weight is 221 g/mol. The van der Waals surface area contributed by atoms with Gasteiger partial charge in [0, 0.05) is 5.56 Å². The molecular weight excluding hydrogens is 214 g/mol. The molecule has 0 fully saturated rings. The second kappa shape index (κ2) is 3.60. The first-order valence-electron chi connectivity index (χ1n) is 3.28. The summed E-state index contributed by atoms with van der Waals surface area (Å²) in [6.07, 6.45) is 0. The number of hydrogen-bond donors (Lipinski definition) is 2. The van der Waals surface area contributed by atoms with E-state index in [1.807, 2.05) is 0 Å². The standard InChI is InChI=1S/C7H6ClO4P/c8-6-4-2-1-3-5(6)7(9)13(10,11)12/h1-4H,(H2,10,11,12). The fourth-order valence-electron chi connectivity index (χ4n) is 0.792. The van der Waals surface area contributed by atoms with Crippen molar-refractivity contribution in [1.82, 2.24) is 0 Å². The highest BCUT2D eigenvalue weighted by Crippen LogP contribution is 2.40. The van der Waals surface area contributed by atoms with Gasteiger partial charge < -0.3 is 9.79 Å². The van der Waals surface area contributed by atoms with Crippen molar-refractivity contribution >= 4 is 24.7 Å². The molecule has 1 aromatic rings. The minimum absolute atomic E-state index is 0.0378. The third-order valence-corrected chi connectivity index (χ3v) is 2.47. The predicted molar refractivity (Wildman–Crippen MR) is 47.8 cm³/mol. The van der Waals surface area contributed by atoms with Crippen LogP contribution in [0.4, 0.5) is 0 Å². The van der Waals surface area contributed by atoms with E-state index in [9.17, 15) is 9.36 Å². The van der Waals surface area contributed by atoms with Crippen LogP contribution in [0.1, 0.15) is 10.4 Å². The molecule has 4 nitrogen and oxygen atoms in total. The fraction of sp³-hybridized carbons (Fsp3) is 0. The molecule has 0 unspecified atom stereocenters. The van der Waals surface area contributed by atoms with Gasteiger partial charge in [-0.1, -0.05) is 23.7 Å². The van der Waals surface area contributed by atoms with Crippen LogP contribution in [0.3, 0.4) is 0 Å². The van der Waals surface area contributed by atoms with Gasteiger partial charge in [-0.25, -0.2) is 0 Å². The van der Waals surface area contributed by atoms with E-state index in [0.29, 0.717) is 0 Å². The molecule has 6 heteroatoms. The lowest BCUT2D eigenvalue weighted by Crippen LogP contribution is -2.00. The molecule has 0 amide bonds. The van der Waals surface area contributed by atoms with E-state index in [1.165, 1.54) is 18.2 Å². The van der Waals surface area contributed by atoms with Crippen molar-refractivity contribution in [1.29, 1.82) is 0 Å². The van der Waals surface area contributed by atoms with Crippen LogP contribution in [0.2, 0.25) is 5.02 Å². The molecule has 1 aromatic carbocycles. The lowest BCUT2D eigenvalue weighted by Gasteiger charge is -2.03. The second-order valence-electron chi connectivity index (χ2n) is 2.33. The largest absolute Gasteiger partial charge is 0.396 e. The molecule has 70 valence electrons. The first-order chi connectivity index (χ1) is 5.93. The van der Waals surface area contributed by atoms with Crippen molar-refractivity contribution in [3.63, 3.8) is 0 Å². The molecular formula is C7H6ClO4P. The summed E-state index contributed by atoms with van der Waals surface area (Å²) >= 11 is 5.56. The summed E-state index contributed by atoms with van der Waals surface area (Å²) in [5.74, 6) is 0. The number of rotatable bonds is 2. The van der Waals surface area contributed by atoms with Crippen LogP contribution in [-0.4, -0.2) is 15.3 Å². The van der Waals surface area contributed by atoms with Crippen LogP contribution in [0, 0.1) is 0 Å². The summed E-state index contributed by atoms with van der Waals surface area (Å²) in [5.41, 5.74) is -1.41. The zero-order chi connectivity index (χ0) is 10.1. The molecule has 0 aliphatic rings. The van der Waals surface area contributed by atoms with E-state index in [-0.39, 0.29) is 10.6 Å². The molecule has 1 rings (SSSR count). The molecule has 0 aromatic heterocycles. The van der Waals surface area contributed by atoms with Crippen molar-refractivity contribution in [2.24, 2.45) is 0 Å². The maximum Gasteiger partial charge on any atom is 0.396 e. The van der Waals surface area contributed by atoms with E-state index >= 15 is 0 Å². The molecule has 0 saturated heterocycles. The Morgan fingerprint density at radius 2 is 1.85 bits per heavy atom. The van der Waals surface area contributed by atoms with Crippen LogP contribution in [-0.2, 0) is 4.57 Å².